The van der Waals surface area contributed by atoms with Crippen molar-refractivity contribution in [3.05, 3.63) is 99.6 Å². The minimum Gasteiger partial charge on any atom is -0.490 e. The first kappa shape index (κ1) is 21.5. The third-order valence-electron chi connectivity index (χ3n) is 4.70. The first-order valence-electron chi connectivity index (χ1n) is 9.49. The summed E-state index contributed by atoms with van der Waals surface area (Å²) in [5.41, 5.74) is 1.27. The molecule has 1 atom stereocenters. The molecule has 158 valence electrons. The van der Waals surface area contributed by atoms with Gasteiger partial charge in [0.15, 0.2) is 5.75 Å². The summed E-state index contributed by atoms with van der Waals surface area (Å²) in [6, 6.07) is 19.7. The molecule has 8 nitrogen and oxygen atoms in total. The maximum absolute atomic E-state index is 12.8. The molecule has 0 heterocycles. The fourth-order valence-corrected chi connectivity index (χ4v) is 3.06. The summed E-state index contributed by atoms with van der Waals surface area (Å²) in [4.78, 5) is 36.1. The second-order valence-corrected chi connectivity index (χ2v) is 6.75. The Hall–Kier alpha value is -4.20. The molecule has 8 heteroatoms. The van der Waals surface area contributed by atoms with Gasteiger partial charge in [0, 0.05) is 11.6 Å². The number of methoxy groups -OCH3 is 1. The van der Waals surface area contributed by atoms with E-state index in [-0.39, 0.29) is 34.5 Å². The quantitative estimate of drug-likeness (QED) is 0.437. The molecule has 0 radical (unpaired) electrons. The maximum Gasteiger partial charge on any atom is 0.311 e. The molecule has 3 aromatic rings. The lowest BCUT2D eigenvalue weighted by Crippen LogP contribution is -2.28. The fraction of sp³-hybridized carbons (Fsp3) is 0.130. The molecule has 2 N–H and O–H groups in total. The number of nitrogens with zero attached hydrogens (tertiary/aromatic N) is 1. The summed E-state index contributed by atoms with van der Waals surface area (Å²) in [6.45, 7) is 1.87. The normalized spacial score (nSPS) is 11.3. The first-order valence-corrected chi connectivity index (χ1v) is 9.49. The van der Waals surface area contributed by atoms with Crippen LogP contribution in [0.4, 0.5) is 11.4 Å². The van der Waals surface area contributed by atoms with E-state index in [2.05, 4.69) is 10.6 Å². The fourth-order valence-electron chi connectivity index (χ4n) is 3.06. The number of carbonyl (C=O) groups is 2. The molecule has 31 heavy (non-hydrogen) atoms. The van der Waals surface area contributed by atoms with Crippen LogP contribution >= 0.6 is 0 Å². The Labute approximate surface area is 179 Å². The van der Waals surface area contributed by atoms with Gasteiger partial charge in [-0.15, -0.1) is 0 Å². The Morgan fingerprint density at radius 1 is 0.968 bits per heavy atom. The van der Waals surface area contributed by atoms with Crippen molar-refractivity contribution < 1.29 is 19.2 Å². The minimum absolute atomic E-state index is 0.0521. The van der Waals surface area contributed by atoms with E-state index in [1.54, 1.807) is 24.3 Å². The number of nitro benzene ring substituents is 1. The number of nitrogens with one attached hydrogen (secondary N) is 2. The molecule has 0 aliphatic carbocycles. The van der Waals surface area contributed by atoms with Crippen molar-refractivity contribution in [1.29, 1.82) is 0 Å². The van der Waals surface area contributed by atoms with Crippen LogP contribution in [0, 0.1) is 10.1 Å². The second kappa shape index (κ2) is 9.53. The van der Waals surface area contributed by atoms with Crippen molar-refractivity contribution in [1.82, 2.24) is 5.32 Å². The third kappa shape index (κ3) is 5.05. The summed E-state index contributed by atoms with van der Waals surface area (Å²) in [5, 5.41) is 16.8. The summed E-state index contributed by atoms with van der Waals surface area (Å²) in [6.07, 6.45) is 0. The zero-order valence-corrected chi connectivity index (χ0v) is 17.0. The van der Waals surface area contributed by atoms with Crippen molar-refractivity contribution >= 4 is 23.2 Å². The van der Waals surface area contributed by atoms with Crippen LogP contribution in [0.1, 0.15) is 39.2 Å². The van der Waals surface area contributed by atoms with Gasteiger partial charge in [0.1, 0.15) is 0 Å². The van der Waals surface area contributed by atoms with Crippen molar-refractivity contribution in [3.8, 4) is 5.75 Å². The van der Waals surface area contributed by atoms with Crippen LogP contribution in [0.5, 0.6) is 5.75 Å². The van der Waals surface area contributed by atoms with Gasteiger partial charge in [0.05, 0.1) is 29.3 Å². The monoisotopic (exact) mass is 419 g/mol. The van der Waals surface area contributed by atoms with Gasteiger partial charge in [-0.25, -0.2) is 0 Å². The molecule has 0 aliphatic rings. The van der Waals surface area contributed by atoms with Crippen LogP contribution in [0.3, 0.4) is 0 Å². The van der Waals surface area contributed by atoms with Crippen molar-refractivity contribution in [2.24, 2.45) is 0 Å². The summed E-state index contributed by atoms with van der Waals surface area (Å²) in [5.74, 6) is -0.883. The van der Waals surface area contributed by atoms with Gasteiger partial charge in [-0.2, -0.15) is 0 Å². The Kier molecular flexibility index (Phi) is 6.61. The van der Waals surface area contributed by atoms with Gasteiger partial charge in [-0.05, 0) is 36.8 Å². The van der Waals surface area contributed by atoms with Gasteiger partial charge in [-0.1, -0.05) is 42.5 Å². The van der Waals surface area contributed by atoms with E-state index >= 15 is 0 Å². The molecule has 0 fully saturated rings. The molecule has 0 spiro atoms. The Bertz CT molecular complexity index is 1120. The highest BCUT2D eigenvalue weighted by molar-refractivity contribution is 6.09. The second-order valence-electron chi connectivity index (χ2n) is 6.75. The predicted molar refractivity (Wildman–Crippen MR) is 116 cm³/mol. The number of hydrogen-bond acceptors (Lipinski definition) is 5. The number of rotatable bonds is 7. The van der Waals surface area contributed by atoms with E-state index < -0.39 is 10.8 Å². The van der Waals surface area contributed by atoms with Crippen molar-refractivity contribution in [3.63, 3.8) is 0 Å². The van der Waals surface area contributed by atoms with E-state index in [1.165, 1.54) is 19.2 Å². The van der Waals surface area contributed by atoms with Crippen LogP contribution in [-0.2, 0) is 0 Å². The van der Waals surface area contributed by atoms with Crippen molar-refractivity contribution in [2.45, 2.75) is 13.0 Å². The summed E-state index contributed by atoms with van der Waals surface area (Å²) < 4.78 is 4.96. The molecule has 0 saturated heterocycles. The molecular weight excluding hydrogens is 398 g/mol. The average molecular weight is 419 g/mol. The van der Waals surface area contributed by atoms with Crippen molar-refractivity contribution in [2.75, 3.05) is 12.4 Å². The van der Waals surface area contributed by atoms with E-state index in [0.29, 0.717) is 5.69 Å². The number of benzene rings is 3. The Balaban J connectivity index is 1.80. The highest BCUT2D eigenvalue weighted by Crippen LogP contribution is 2.28. The van der Waals surface area contributed by atoms with Crippen LogP contribution in [0.2, 0.25) is 0 Å². The van der Waals surface area contributed by atoms with E-state index in [0.717, 1.165) is 11.6 Å². The SMILES string of the molecule is COc1ccc(C(=O)Nc2ccccc2C(=O)N[C@H](C)c2ccccc2)cc1[N+](=O)[O-]. The van der Waals surface area contributed by atoms with E-state index in [9.17, 15) is 19.7 Å². The average Bonchev–Trinajstić information content (AvgIpc) is 2.79. The molecule has 0 saturated carbocycles. The third-order valence-corrected chi connectivity index (χ3v) is 4.70. The van der Waals surface area contributed by atoms with Gasteiger partial charge in [0.2, 0.25) is 0 Å². The van der Waals surface area contributed by atoms with Crippen LogP contribution in [-0.4, -0.2) is 23.8 Å². The lowest BCUT2D eigenvalue weighted by atomic mass is 10.1. The molecule has 0 aliphatic heterocycles. The number of nitro groups is 1. The molecule has 0 bridgehead atoms. The number of amides is 2. The minimum atomic E-state index is -0.623. The molecule has 3 rings (SSSR count). The van der Waals surface area contributed by atoms with Gasteiger partial charge >= 0.3 is 5.69 Å². The number of carbonyl (C=O) groups excluding carboxylic acids is 2. The number of para-hydroxylation sites is 1. The smallest absolute Gasteiger partial charge is 0.311 e. The summed E-state index contributed by atoms with van der Waals surface area (Å²) in [7, 11) is 1.31. The molecule has 2 amide bonds. The van der Waals surface area contributed by atoms with Crippen LogP contribution < -0.4 is 15.4 Å². The maximum atomic E-state index is 12.8. The molecule has 0 unspecified atom stereocenters. The topological polar surface area (TPSA) is 111 Å². The van der Waals surface area contributed by atoms with E-state index in [1.807, 2.05) is 37.3 Å². The van der Waals surface area contributed by atoms with E-state index in [4.69, 9.17) is 4.74 Å². The van der Waals surface area contributed by atoms with Gasteiger partial charge < -0.3 is 15.4 Å². The van der Waals surface area contributed by atoms with Gasteiger partial charge in [0.25, 0.3) is 11.8 Å². The molecule has 3 aromatic carbocycles. The zero-order valence-electron chi connectivity index (χ0n) is 17.0. The zero-order chi connectivity index (χ0) is 22.4. The molecule has 0 aromatic heterocycles. The number of hydrogen-bond donors (Lipinski definition) is 2. The number of ether oxygens (including phenoxy) is 1. The Morgan fingerprint density at radius 2 is 1.65 bits per heavy atom. The highest BCUT2D eigenvalue weighted by Gasteiger charge is 2.20. The predicted octanol–water partition coefficient (Wildman–Crippen LogP) is 4.35. The lowest BCUT2D eigenvalue weighted by molar-refractivity contribution is -0.385. The summed E-state index contributed by atoms with van der Waals surface area (Å²) >= 11 is 0. The van der Waals surface area contributed by atoms with Gasteiger partial charge in [-0.3, -0.25) is 19.7 Å². The van der Waals surface area contributed by atoms with Crippen LogP contribution in [0.15, 0.2) is 72.8 Å². The molecular formula is C23H21N3O5. The standard InChI is InChI=1S/C23H21N3O5/c1-15(16-8-4-3-5-9-16)24-23(28)18-10-6-7-11-19(18)25-22(27)17-12-13-21(31-2)20(14-17)26(29)30/h3-15H,1-2H3,(H,24,28)(H,25,27)/t15-/m1/s1. The Morgan fingerprint density at radius 3 is 2.32 bits per heavy atom. The highest BCUT2D eigenvalue weighted by atomic mass is 16.6. The lowest BCUT2D eigenvalue weighted by Gasteiger charge is -2.16. The number of anilines is 1. The largest absolute Gasteiger partial charge is 0.490 e. The first-order chi connectivity index (χ1) is 14.9. The van der Waals surface area contributed by atoms with Crippen LogP contribution in [0.25, 0.3) is 0 Å².